The van der Waals surface area contributed by atoms with E-state index in [4.69, 9.17) is 9.15 Å². The van der Waals surface area contributed by atoms with Gasteiger partial charge in [0.15, 0.2) is 5.76 Å². The Hall–Kier alpha value is -2.07. The summed E-state index contributed by atoms with van der Waals surface area (Å²) in [4.78, 5) is 5.72. The topological polar surface area (TPSA) is 62.9 Å². The molecule has 6 nitrogen and oxygen atoms in total. The number of nitrogens with zero attached hydrogens (tertiary/aromatic N) is 3. The number of rotatable bonds is 4. The lowest BCUT2D eigenvalue weighted by molar-refractivity contribution is -0.137. The molecule has 0 spiro atoms. The monoisotopic (exact) mass is 418 g/mol. The number of hydrogen-bond acceptors (Lipinski definition) is 6. The molecule has 0 saturated carbocycles. The summed E-state index contributed by atoms with van der Waals surface area (Å²) in [6.45, 7) is 2.74. The lowest BCUT2D eigenvalue weighted by Crippen LogP contribution is -2.36. The number of anilines is 2. The Morgan fingerprint density at radius 1 is 1.28 bits per heavy atom. The SMILES string of the molecule is FC(F)(F)c1ccc(N/N=C/c2cc(Br)c(N3CCOCC3)o2)nc1. The first-order valence-electron chi connectivity index (χ1n) is 7.38. The fourth-order valence-corrected chi connectivity index (χ4v) is 2.77. The quantitative estimate of drug-likeness (QED) is 0.605. The van der Waals surface area contributed by atoms with Gasteiger partial charge in [-0.15, -0.1) is 0 Å². The largest absolute Gasteiger partial charge is 0.438 e. The molecule has 1 saturated heterocycles. The summed E-state index contributed by atoms with van der Waals surface area (Å²) in [5.41, 5.74) is 1.75. The molecule has 3 rings (SSSR count). The van der Waals surface area contributed by atoms with Gasteiger partial charge in [-0.25, -0.2) is 4.98 Å². The minimum atomic E-state index is -4.41. The van der Waals surface area contributed by atoms with Crippen molar-refractivity contribution in [2.24, 2.45) is 5.10 Å². The number of hydrogen-bond donors (Lipinski definition) is 1. The van der Waals surface area contributed by atoms with Crippen molar-refractivity contribution in [3.63, 3.8) is 0 Å². The molecular formula is C15H14BrF3N4O2. The molecule has 0 amide bonds. The molecule has 25 heavy (non-hydrogen) atoms. The first-order chi connectivity index (χ1) is 11.9. The molecule has 3 heterocycles. The van der Waals surface area contributed by atoms with Crippen LogP contribution in [0.3, 0.4) is 0 Å². The molecule has 1 fully saturated rings. The van der Waals surface area contributed by atoms with Crippen LogP contribution in [0.4, 0.5) is 24.9 Å². The standard InChI is InChI=1S/C15H14BrF3N4O2/c16-12-7-11(25-14(12)23-3-5-24-6-4-23)9-21-22-13-2-1-10(8-20-13)15(17,18)19/h1-2,7-9H,3-6H2,(H,20,22)/b21-9+. The molecule has 10 heteroatoms. The van der Waals surface area contributed by atoms with Crippen molar-refractivity contribution in [2.45, 2.75) is 6.18 Å². The van der Waals surface area contributed by atoms with Crippen molar-refractivity contribution in [2.75, 3.05) is 36.6 Å². The van der Waals surface area contributed by atoms with Crippen LogP contribution in [0.1, 0.15) is 11.3 Å². The van der Waals surface area contributed by atoms with Crippen LogP contribution in [0.25, 0.3) is 0 Å². The lowest BCUT2D eigenvalue weighted by Gasteiger charge is -2.26. The summed E-state index contributed by atoms with van der Waals surface area (Å²) in [7, 11) is 0. The van der Waals surface area contributed by atoms with E-state index in [1.54, 1.807) is 6.07 Å². The van der Waals surface area contributed by atoms with Gasteiger partial charge < -0.3 is 14.1 Å². The van der Waals surface area contributed by atoms with E-state index in [0.717, 1.165) is 29.8 Å². The van der Waals surface area contributed by atoms with Gasteiger partial charge >= 0.3 is 6.18 Å². The van der Waals surface area contributed by atoms with E-state index in [1.165, 1.54) is 12.3 Å². The number of nitrogens with one attached hydrogen (secondary N) is 1. The first kappa shape index (κ1) is 17.7. The van der Waals surface area contributed by atoms with Crippen molar-refractivity contribution >= 4 is 33.8 Å². The highest BCUT2D eigenvalue weighted by Crippen LogP contribution is 2.30. The molecule has 0 aromatic carbocycles. The molecule has 1 aliphatic heterocycles. The zero-order chi connectivity index (χ0) is 17.9. The van der Waals surface area contributed by atoms with Gasteiger partial charge in [0.05, 0.1) is 29.5 Å². The highest BCUT2D eigenvalue weighted by atomic mass is 79.9. The molecule has 0 radical (unpaired) electrons. The smallest absolute Gasteiger partial charge is 0.417 e. The van der Waals surface area contributed by atoms with E-state index >= 15 is 0 Å². The van der Waals surface area contributed by atoms with E-state index in [9.17, 15) is 13.2 Å². The summed E-state index contributed by atoms with van der Waals surface area (Å²) >= 11 is 3.44. The minimum Gasteiger partial charge on any atom is -0.438 e. The van der Waals surface area contributed by atoms with Crippen molar-refractivity contribution in [3.8, 4) is 0 Å². The zero-order valence-electron chi connectivity index (χ0n) is 12.9. The average molecular weight is 419 g/mol. The van der Waals surface area contributed by atoms with Gasteiger partial charge in [-0.3, -0.25) is 5.43 Å². The minimum absolute atomic E-state index is 0.197. The Labute approximate surface area is 149 Å². The van der Waals surface area contributed by atoms with Gasteiger partial charge in [0, 0.05) is 25.4 Å². The average Bonchev–Trinajstić information content (AvgIpc) is 2.96. The molecule has 1 aliphatic rings. The number of pyridine rings is 1. The second-order valence-corrected chi connectivity index (χ2v) is 6.06. The maximum absolute atomic E-state index is 12.5. The van der Waals surface area contributed by atoms with E-state index in [0.29, 0.717) is 24.9 Å². The van der Waals surface area contributed by atoms with Crippen LogP contribution in [0.5, 0.6) is 0 Å². The third-order valence-corrected chi connectivity index (χ3v) is 4.02. The lowest BCUT2D eigenvalue weighted by atomic mass is 10.3. The summed E-state index contributed by atoms with van der Waals surface area (Å²) in [5, 5.41) is 3.93. The Morgan fingerprint density at radius 3 is 2.68 bits per heavy atom. The molecule has 0 atom stereocenters. The van der Waals surface area contributed by atoms with E-state index in [2.05, 4.69) is 36.3 Å². The van der Waals surface area contributed by atoms with E-state index < -0.39 is 11.7 Å². The van der Waals surface area contributed by atoms with E-state index in [1.807, 2.05) is 0 Å². The van der Waals surface area contributed by atoms with Crippen LogP contribution in [-0.2, 0) is 10.9 Å². The maximum Gasteiger partial charge on any atom is 0.417 e. The number of ether oxygens (including phenoxy) is 1. The summed E-state index contributed by atoms with van der Waals surface area (Å²) in [6.07, 6.45) is -2.24. The highest BCUT2D eigenvalue weighted by molar-refractivity contribution is 9.10. The van der Waals surface area contributed by atoms with Crippen LogP contribution in [0.15, 0.2) is 38.4 Å². The second-order valence-electron chi connectivity index (χ2n) is 5.20. The number of aromatic nitrogens is 1. The molecule has 1 N–H and O–H groups in total. The molecule has 0 bridgehead atoms. The number of hydrazone groups is 1. The van der Waals surface area contributed by atoms with Crippen LogP contribution < -0.4 is 10.3 Å². The van der Waals surface area contributed by atoms with Crippen molar-refractivity contribution in [1.82, 2.24) is 4.98 Å². The van der Waals surface area contributed by atoms with Crippen LogP contribution >= 0.6 is 15.9 Å². The fourth-order valence-electron chi connectivity index (χ4n) is 2.21. The number of furan rings is 1. The van der Waals surface area contributed by atoms with Crippen LogP contribution in [-0.4, -0.2) is 37.5 Å². The number of halogens is 4. The molecule has 2 aromatic rings. The maximum atomic E-state index is 12.5. The third-order valence-electron chi connectivity index (χ3n) is 3.45. The van der Waals surface area contributed by atoms with Crippen molar-refractivity contribution in [1.29, 1.82) is 0 Å². The Kier molecular flexibility index (Phi) is 5.28. The predicted octanol–water partition coefficient (Wildman–Crippen LogP) is 3.74. The molecule has 0 unspecified atom stereocenters. The number of alkyl halides is 3. The third kappa shape index (κ3) is 4.51. The van der Waals surface area contributed by atoms with Crippen molar-refractivity contribution in [3.05, 3.63) is 40.2 Å². The van der Waals surface area contributed by atoms with E-state index in [-0.39, 0.29) is 5.82 Å². The van der Waals surface area contributed by atoms with Gasteiger partial charge in [-0.05, 0) is 28.1 Å². The van der Waals surface area contributed by atoms with Gasteiger partial charge in [-0.1, -0.05) is 0 Å². The zero-order valence-corrected chi connectivity index (χ0v) is 14.5. The normalized spacial score (nSPS) is 15.8. The molecule has 2 aromatic heterocycles. The second kappa shape index (κ2) is 7.44. The van der Waals surface area contributed by atoms with Gasteiger partial charge in [0.25, 0.3) is 0 Å². The first-order valence-corrected chi connectivity index (χ1v) is 8.17. The van der Waals surface area contributed by atoms with Crippen molar-refractivity contribution < 1.29 is 22.3 Å². The number of morpholine rings is 1. The Morgan fingerprint density at radius 2 is 2.04 bits per heavy atom. The summed E-state index contributed by atoms with van der Waals surface area (Å²) in [6, 6.07) is 3.90. The summed E-state index contributed by atoms with van der Waals surface area (Å²) < 4.78 is 49.2. The molecule has 134 valence electrons. The summed E-state index contributed by atoms with van der Waals surface area (Å²) in [5.74, 6) is 1.38. The van der Waals surface area contributed by atoms with Gasteiger partial charge in [0.2, 0.25) is 5.88 Å². The van der Waals surface area contributed by atoms with Crippen LogP contribution in [0.2, 0.25) is 0 Å². The molecular weight excluding hydrogens is 405 g/mol. The molecule has 0 aliphatic carbocycles. The Balaban J connectivity index is 1.62. The Bertz CT molecular complexity index is 740. The van der Waals surface area contributed by atoms with Gasteiger partial charge in [0.1, 0.15) is 5.82 Å². The predicted molar refractivity (Wildman–Crippen MR) is 89.9 cm³/mol. The van der Waals surface area contributed by atoms with Gasteiger partial charge in [-0.2, -0.15) is 18.3 Å². The highest BCUT2D eigenvalue weighted by Gasteiger charge is 2.30. The van der Waals surface area contributed by atoms with Crippen LogP contribution in [0, 0.1) is 0 Å². The fraction of sp³-hybridized carbons (Fsp3) is 0.333.